The third-order valence-corrected chi connectivity index (χ3v) is 3.43. The van der Waals surface area contributed by atoms with Gasteiger partial charge < -0.3 is 9.73 Å². The summed E-state index contributed by atoms with van der Waals surface area (Å²) in [6.45, 7) is 5.32. The van der Waals surface area contributed by atoms with E-state index >= 15 is 0 Å². The summed E-state index contributed by atoms with van der Waals surface area (Å²) in [5, 5.41) is 3.61. The fourth-order valence-electron chi connectivity index (χ4n) is 2.27. The highest BCUT2D eigenvalue weighted by atomic mass is 16.3. The minimum atomic E-state index is 0.454. The molecule has 0 aliphatic heterocycles. The molecule has 1 unspecified atom stereocenters. The molecular formula is C17H24N2O. The van der Waals surface area contributed by atoms with Gasteiger partial charge in [-0.2, -0.15) is 0 Å². The van der Waals surface area contributed by atoms with Crippen molar-refractivity contribution in [1.29, 1.82) is 0 Å². The molecule has 0 amide bonds. The summed E-state index contributed by atoms with van der Waals surface area (Å²) in [6, 6.07) is 8.70. The fourth-order valence-corrected chi connectivity index (χ4v) is 2.27. The number of pyridine rings is 1. The zero-order valence-corrected chi connectivity index (χ0v) is 12.4. The summed E-state index contributed by atoms with van der Waals surface area (Å²) in [4.78, 5) is 4.51. The van der Waals surface area contributed by atoms with Crippen LogP contribution in [-0.4, -0.2) is 17.6 Å². The maximum atomic E-state index is 5.41. The van der Waals surface area contributed by atoms with Gasteiger partial charge in [-0.25, -0.2) is 0 Å². The van der Waals surface area contributed by atoms with Gasteiger partial charge in [0.2, 0.25) is 0 Å². The summed E-state index contributed by atoms with van der Waals surface area (Å²) in [6.07, 6.45) is 7.85. The fraction of sp³-hybridized carbons (Fsp3) is 0.471. The molecule has 2 heterocycles. The number of rotatable bonds is 8. The molecule has 2 aromatic rings. The molecule has 20 heavy (non-hydrogen) atoms. The zero-order chi connectivity index (χ0) is 14.2. The molecule has 0 fully saturated rings. The molecule has 0 aliphatic carbocycles. The van der Waals surface area contributed by atoms with Crippen molar-refractivity contribution in [2.75, 3.05) is 6.54 Å². The predicted octanol–water partition coefficient (Wildman–Crippen LogP) is 3.53. The van der Waals surface area contributed by atoms with E-state index in [1.165, 1.54) is 5.56 Å². The Balaban J connectivity index is 1.90. The molecule has 2 aromatic heterocycles. The van der Waals surface area contributed by atoms with E-state index in [-0.39, 0.29) is 0 Å². The Morgan fingerprint density at radius 1 is 1.30 bits per heavy atom. The van der Waals surface area contributed by atoms with Crippen LogP contribution in [0, 0.1) is 6.92 Å². The number of hydrogen-bond donors (Lipinski definition) is 1. The first-order chi connectivity index (χ1) is 9.78. The average Bonchev–Trinajstić information content (AvgIpc) is 2.97. The monoisotopic (exact) mass is 272 g/mol. The number of aryl methyl sites for hydroxylation is 2. The lowest BCUT2D eigenvalue weighted by molar-refractivity contribution is 0.439. The van der Waals surface area contributed by atoms with E-state index < -0.39 is 0 Å². The maximum absolute atomic E-state index is 5.41. The molecule has 3 heteroatoms. The molecule has 108 valence electrons. The second-order valence-corrected chi connectivity index (χ2v) is 5.30. The number of nitrogens with zero attached hydrogens (tertiary/aromatic N) is 1. The van der Waals surface area contributed by atoms with Gasteiger partial charge in [0.1, 0.15) is 5.76 Å². The summed E-state index contributed by atoms with van der Waals surface area (Å²) < 4.78 is 5.41. The summed E-state index contributed by atoms with van der Waals surface area (Å²) in [5.41, 5.74) is 2.37. The van der Waals surface area contributed by atoms with E-state index in [1.54, 1.807) is 6.26 Å². The first-order valence-electron chi connectivity index (χ1n) is 7.45. The van der Waals surface area contributed by atoms with Crippen molar-refractivity contribution in [2.45, 2.75) is 45.6 Å². The standard InChI is InChI=1S/C17H24N2O/c1-3-10-18-15(8-9-17-5-4-11-20-17)12-16-7-6-14(2)13-19-16/h4-7,11,13,15,18H,3,8-10,12H2,1-2H3. The second-order valence-electron chi connectivity index (χ2n) is 5.30. The average molecular weight is 272 g/mol. The Bertz CT molecular complexity index is 476. The van der Waals surface area contributed by atoms with E-state index in [4.69, 9.17) is 4.42 Å². The second kappa shape index (κ2) is 7.85. The summed E-state index contributed by atoms with van der Waals surface area (Å²) in [7, 11) is 0. The molecule has 0 aromatic carbocycles. The van der Waals surface area contributed by atoms with E-state index in [2.05, 4.69) is 36.3 Å². The van der Waals surface area contributed by atoms with Crippen molar-refractivity contribution < 1.29 is 4.42 Å². The predicted molar refractivity (Wildman–Crippen MR) is 81.8 cm³/mol. The zero-order valence-electron chi connectivity index (χ0n) is 12.4. The van der Waals surface area contributed by atoms with Crippen LogP contribution in [0.2, 0.25) is 0 Å². The molecule has 0 aliphatic rings. The highest BCUT2D eigenvalue weighted by Gasteiger charge is 2.10. The molecule has 0 bridgehead atoms. The smallest absolute Gasteiger partial charge is 0.103 e. The molecule has 0 saturated heterocycles. The van der Waals surface area contributed by atoms with Gasteiger partial charge in [-0.1, -0.05) is 13.0 Å². The van der Waals surface area contributed by atoms with Gasteiger partial charge in [0.15, 0.2) is 0 Å². The normalized spacial score (nSPS) is 12.5. The molecule has 3 nitrogen and oxygen atoms in total. The SMILES string of the molecule is CCCNC(CCc1ccco1)Cc1ccc(C)cn1. The molecule has 2 rings (SSSR count). The van der Waals surface area contributed by atoms with Crippen LogP contribution in [0.1, 0.15) is 36.8 Å². The van der Waals surface area contributed by atoms with Gasteiger partial charge in [0.25, 0.3) is 0 Å². The number of furan rings is 1. The topological polar surface area (TPSA) is 38.1 Å². The first kappa shape index (κ1) is 14.8. The van der Waals surface area contributed by atoms with E-state index in [0.717, 1.165) is 43.7 Å². The van der Waals surface area contributed by atoms with Crippen LogP contribution in [0.15, 0.2) is 41.1 Å². The van der Waals surface area contributed by atoms with Crippen LogP contribution in [-0.2, 0) is 12.8 Å². The summed E-state index contributed by atoms with van der Waals surface area (Å²) >= 11 is 0. The third kappa shape index (κ3) is 4.82. The van der Waals surface area contributed by atoms with Crippen molar-refractivity contribution in [3.8, 4) is 0 Å². The minimum absolute atomic E-state index is 0.454. The Labute approximate surface area is 121 Å². The molecule has 0 saturated carbocycles. The van der Waals surface area contributed by atoms with Gasteiger partial charge in [-0.15, -0.1) is 0 Å². The van der Waals surface area contributed by atoms with Gasteiger partial charge in [0.05, 0.1) is 6.26 Å². The van der Waals surface area contributed by atoms with E-state index in [9.17, 15) is 0 Å². The quantitative estimate of drug-likeness (QED) is 0.799. The highest BCUT2D eigenvalue weighted by Crippen LogP contribution is 2.10. The lowest BCUT2D eigenvalue weighted by Crippen LogP contribution is -2.32. The van der Waals surface area contributed by atoms with Gasteiger partial charge in [0, 0.05) is 30.8 Å². The summed E-state index contributed by atoms with van der Waals surface area (Å²) in [5.74, 6) is 1.06. The lowest BCUT2D eigenvalue weighted by atomic mass is 10.0. The van der Waals surface area contributed by atoms with Crippen molar-refractivity contribution in [3.63, 3.8) is 0 Å². The third-order valence-electron chi connectivity index (χ3n) is 3.43. The van der Waals surface area contributed by atoms with Crippen LogP contribution in [0.3, 0.4) is 0 Å². The lowest BCUT2D eigenvalue weighted by Gasteiger charge is -2.17. The van der Waals surface area contributed by atoms with Crippen molar-refractivity contribution in [1.82, 2.24) is 10.3 Å². The number of hydrogen-bond acceptors (Lipinski definition) is 3. The maximum Gasteiger partial charge on any atom is 0.103 e. The van der Waals surface area contributed by atoms with Crippen molar-refractivity contribution in [2.24, 2.45) is 0 Å². The van der Waals surface area contributed by atoms with Gasteiger partial charge in [-0.05, 0) is 50.1 Å². The number of nitrogens with one attached hydrogen (secondary N) is 1. The van der Waals surface area contributed by atoms with Crippen LogP contribution in [0.4, 0.5) is 0 Å². The van der Waals surface area contributed by atoms with Crippen LogP contribution in [0.5, 0.6) is 0 Å². The highest BCUT2D eigenvalue weighted by molar-refractivity contribution is 5.13. The van der Waals surface area contributed by atoms with Crippen LogP contribution >= 0.6 is 0 Å². The largest absolute Gasteiger partial charge is 0.469 e. The van der Waals surface area contributed by atoms with Crippen molar-refractivity contribution >= 4 is 0 Å². The molecule has 1 atom stereocenters. The Kier molecular flexibility index (Phi) is 5.81. The molecule has 0 spiro atoms. The van der Waals surface area contributed by atoms with Crippen molar-refractivity contribution in [3.05, 3.63) is 53.7 Å². The van der Waals surface area contributed by atoms with E-state index in [0.29, 0.717) is 6.04 Å². The molecule has 0 radical (unpaired) electrons. The molecule has 1 N–H and O–H groups in total. The Hall–Kier alpha value is -1.61. The Morgan fingerprint density at radius 2 is 2.20 bits per heavy atom. The first-order valence-corrected chi connectivity index (χ1v) is 7.45. The van der Waals surface area contributed by atoms with Gasteiger partial charge >= 0.3 is 0 Å². The van der Waals surface area contributed by atoms with Crippen LogP contribution < -0.4 is 5.32 Å². The van der Waals surface area contributed by atoms with Crippen LogP contribution in [0.25, 0.3) is 0 Å². The number of aromatic nitrogens is 1. The van der Waals surface area contributed by atoms with E-state index in [1.807, 2.05) is 18.3 Å². The minimum Gasteiger partial charge on any atom is -0.469 e. The Morgan fingerprint density at radius 3 is 2.85 bits per heavy atom. The molecular weight excluding hydrogens is 248 g/mol. The van der Waals surface area contributed by atoms with Gasteiger partial charge in [-0.3, -0.25) is 4.98 Å².